The Morgan fingerprint density at radius 2 is 1.90 bits per heavy atom. The lowest BCUT2D eigenvalue weighted by atomic mass is 10.0. The summed E-state index contributed by atoms with van der Waals surface area (Å²) < 4.78 is 6.89. The molecule has 0 spiro atoms. The molecule has 0 saturated carbocycles. The van der Waals surface area contributed by atoms with Crippen molar-refractivity contribution in [1.29, 1.82) is 0 Å². The van der Waals surface area contributed by atoms with Crippen molar-refractivity contribution in [3.63, 3.8) is 0 Å². The molecule has 0 fully saturated rings. The molecule has 0 radical (unpaired) electrons. The van der Waals surface area contributed by atoms with Crippen LogP contribution in [0.25, 0.3) is 11.4 Å². The summed E-state index contributed by atoms with van der Waals surface area (Å²) in [6.45, 7) is 4.14. The van der Waals surface area contributed by atoms with Gasteiger partial charge in [0.05, 0.1) is 12.8 Å². The summed E-state index contributed by atoms with van der Waals surface area (Å²) in [6.07, 6.45) is 3.59. The molecule has 3 rings (SSSR count). The lowest BCUT2D eigenvalue weighted by Crippen LogP contribution is -2.00. The summed E-state index contributed by atoms with van der Waals surface area (Å²) in [6, 6.07) is 15.5. The Bertz CT molecular complexity index is 746. The van der Waals surface area contributed by atoms with E-state index in [-0.39, 0.29) is 0 Å². The predicted molar refractivity (Wildman–Crippen MR) is 82.5 cm³/mol. The number of benzene rings is 1. The van der Waals surface area contributed by atoms with E-state index in [2.05, 4.69) is 16.7 Å². The van der Waals surface area contributed by atoms with Gasteiger partial charge >= 0.3 is 0 Å². The molecule has 21 heavy (non-hydrogen) atoms. The third-order valence-corrected chi connectivity index (χ3v) is 3.22. The van der Waals surface area contributed by atoms with Gasteiger partial charge in [0, 0.05) is 18.0 Å². The van der Waals surface area contributed by atoms with Crippen LogP contribution in [-0.4, -0.2) is 21.9 Å². The zero-order valence-corrected chi connectivity index (χ0v) is 11.7. The number of aromatic nitrogens is 3. The molecule has 0 aliphatic carbocycles. The highest BCUT2D eigenvalue weighted by Crippen LogP contribution is 2.22. The minimum Gasteiger partial charge on any atom is -0.497 e. The number of methoxy groups -OCH3 is 1. The molecule has 3 aromatic rings. The molecule has 0 N–H and O–H groups in total. The highest BCUT2D eigenvalue weighted by Gasteiger charge is 2.06. The smallest absolute Gasteiger partial charge is 0.153 e. The van der Waals surface area contributed by atoms with Gasteiger partial charge in [-0.05, 0) is 35.9 Å². The number of hydrogen-bond acceptors (Lipinski definition) is 3. The molecule has 4 nitrogen and oxygen atoms in total. The van der Waals surface area contributed by atoms with Crippen molar-refractivity contribution in [2.24, 2.45) is 0 Å². The van der Waals surface area contributed by atoms with Gasteiger partial charge in [0.25, 0.3) is 0 Å². The monoisotopic (exact) mass is 277 g/mol. The molecular formula is C17H15N3O. The largest absolute Gasteiger partial charge is 0.497 e. The molecule has 2 heterocycles. The minimum atomic E-state index is 0.771. The van der Waals surface area contributed by atoms with Crippen LogP contribution in [0.15, 0.2) is 67.5 Å². The molecule has 104 valence electrons. The number of ether oxygens (including phenoxy) is 1. The fourth-order valence-corrected chi connectivity index (χ4v) is 2.06. The fourth-order valence-electron chi connectivity index (χ4n) is 2.06. The van der Waals surface area contributed by atoms with Gasteiger partial charge in [0.15, 0.2) is 5.82 Å². The normalized spacial score (nSPS) is 10.3. The summed E-state index contributed by atoms with van der Waals surface area (Å²) in [7, 11) is 1.65. The second-order valence-corrected chi connectivity index (χ2v) is 4.54. The first kappa shape index (κ1) is 13.1. The maximum atomic E-state index is 5.17. The minimum absolute atomic E-state index is 0.771. The van der Waals surface area contributed by atoms with Crippen molar-refractivity contribution in [1.82, 2.24) is 14.8 Å². The molecule has 1 aromatic carbocycles. The summed E-state index contributed by atoms with van der Waals surface area (Å²) in [5, 5.41) is 4.19. The number of rotatable bonds is 4. The molecule has 0 atom stereocenters. The molecule has 0 amide bonds. The van der Waals surface area contributed by atoms with Gasteiger partial charge in [-0.2, -0.15) is 5.10 Å². The Kier molecular flexibility index (Phi) is 3.51. The maximum absolute atomic E-state index is 5.17. The second kappa shape index (κ2) is 5.63. The standard InChI is InChI=1S/C17H15N3O/c1-13(14-7-9-15(21-2)10-8-14)16-5-3-6-17(19-16)20-12-4-11-18-20/h3-12H,1H2,2H3. The maximum Gasteiger partial charge on any atom is 0.153 e. The molecule has 0 unspecified atom stereocenters. The number of nitrogens with zero attached hydrogens (tertiary/aromatic N) is 3. The second-order valence-electron chi connectivity index (χ2n) is 4.54. The van der Waals surface area contributed by atoms with E-state index in [1.54, 1.807) is 18.0 Å². The van der Waals surface area contributed by atoms with Crippen LogP contribution in [0.3, 0.4) is 0 Å². The van der Waals surface area contributed by atoms with Crippen LogP contribution in [0.5, 0.6) is 5.75 Å². The molecule has 0 bridgehead atoms. The predicted octanol–water partition coefficient (Wildman–Crippen LogP) is 3.34. The van der Waals surface area contributed by atoms with Crippen molar-refractivity contribution in [3.05, 3.63) is 78.8 Å². The lowest BCUT2D eigenvalue weighted by Gasteiger charge is -2.08. The van der Waals surface area contributed by atoms with E-state index in [1.807, 2.05) is 54.7 Å². The molecule has 4 heteroatoms. The molecular weight excluding hydrogens is 262 g/mol. The average Bonchev–Trinajstić information content (AvgIpc) is 3.09. The van der Waals surface area contributed by atoms with Crippen LogP contribution in [0.4, 0.5) is 0 Å². The summed E-state index contributed by atoms with van der Waals surface area (Å²) in [4.78, 5) is 4.60. The van der Waals surface area contributed by atoms with Gasteiger partial charge in [-0.1, -0.05) is 24.8 Å². The van der Waals surface area contributed by atoms with Gasteiger partial charge in [-0.3, -0.25) is 0 Å². The zero-order valence-electron chi connectivity index (χ0n) is 11.7. The zero-order chi connectivity index (χ0) is 14.7. The Labute approximate surface area is 123 Å². The van der Waals surface area contributed by atoms with E-state index >= 15 is 0 Å². The van der Waals surface area contributed by atoms with Crippen LogP contribution >= 0.6 is 0 Å². The Balaban J connectivity index is 1.92. The summed E-state index contributed by atoms with van der Waals surface area (Å²) in [5.74, 6) is 1.59. The number of pyridine rings is 1. The third kappa shape index (κ3) is 2.69. The number of hydrogen-bond donors (Lipinski definition) is 0. The average molecular weight is 277 g/mol. The van der Waals surface area contributed by atoms with Crippen LogP contribution in [0.2, 0.25) is 0 Å². The van der Waals surface area contributed by atoms with Crippen molar-refractivity contribution >= 4 is 5.57 Å². The van der Waals surface area contributed by atoms with E-state index in [4.69, 9.17) is 4.74 Å². The molecule has 2 aromatic heterocycles. The SMILES string of the molecule is C=C(c1ccc(OC)cc1)c1cccc(-n2cccn2)n1. The molecule has 0 aliphatic heterocycles. The first-order chi connectivity index (χ1) is 10.3. The van der Waals surface area contributed by atoms with Crippen molar-refractivity contribution < 1.29 is 4.74 Å². The fraction of sp³-hybridized carbons (Fsp3) is 0.0588. The van der Waals surface area contributed by atoms with Crippen LogP contribution in [0, 0.1) is 0 Å². The Morgan fingerprint density at radius 1 is 1.10 bits per heavy atom. The topological polar surface area (TPSA) is 39.9 Å². The quantitative estimate of drug-likeness (QED) is 0.734. The Morgan fingerprint density at radius 3 is 2.57 bits per heavy atom. The van der Waals surface area contributed by atoms with Crippen LogP contribution in [-0.2, 0) is 0 Å². The first-order valence-electron chi connectivity index (χ1n) is 6.59. The Hall–Kier alpha value is -2.88. The lowest BCUT2D eigenvalue weighted by molar-refractivity contribution is 0.415. The van der Waals surface area contributed by atoms with E-state index in [9.17, 15) is 0 Å². The summed E-state index contributed by atoms with van der Waals surface area (Å²) >= 11 is 0. The van der Waals surface area contributed by atoms with Crippen LogP contribution in [0.1, 0.15) is 11.3 Å². The van der Waals surface area contributed by atoms with Crippen molar-refractivity contribution in [2.75, 3.05) is 7.11 Å². The molecule has 0 saturated heterocycles. The van der Waals surface area contributed by atoms with Gasteiger partial charge < -0.3 is 4.74 Å². The van der Waals surface area contributed by atoms with E-state index in [0.717, 1.165) is 28.4 Å². The van der Waals surface area contributed by atoms with Crippen molar-refractivity contribution in [2.45, 2.75) is 0 Å². The summed E-state index contributed by atoms with van der Waals surface area (Å²) in [5.41, 5.74) is 2.71. The third-order valence-electron chi connectivity index (χ3n) is 3.22. The van der Waals surface area contributed by atoms with Crippen molar-refractivity contribution in [3.8, 4) is 11.6 Å². The molecule has 0 aliphatic rings. The van der Waals surface area contributed by atoms with Gasteiger partial charge in [-0.15, -0.1) is 0 Å². The first-order valence-corrected chi connectivity index (χ1v) is 6.59. The highest BCUT2D eigenvalue weighted by atomic mass is 16.5. The van der Waals surface area contributed by atoms with Gasteiger partial charge in [0.2, 0.25) is 0 Å². The van der Waals surface area contributed by atoms with Gasteiger partial charge in [0.1, 0.15) is 5.75 Å². The van der Waals surface area contributed by atoms with Crippen LogP contribution < -0.4 is 4.74 Å². The van der Waals surface area contributed by atoms with Gasteiger partial charge in [-0.25, -0.2) is 9.67 Å². The highest BCUT2D eigenvalue weighted by molar-refractivity contribution is 5.76. The van der Waals surface area contributed by atoms with E-state index < -0.39 is 0 Å². The van der Waals surface area contributed by atoms with E-state index in [0.29, 0.717) is 0 Å². The van der Waals surface area contributed by atoms with E-state index in [1.165, 1.54) is 0 Å².